The fourth-order valence-corrected chi connectivity index (χ4v) is 1.84. The molecule has 0 amide bonds. The fraction of sp³-hybridized carbons (Fsp3) is 0.267. The lowest BCUT2D eigenvalue weighted by molar-refractivity contribution is 0.590. The van der Waals surface area contributed by atoms with Crippen LogP contribution in [-0.4, -0.2) is 16.4 Å². The number of nitrogens with one attached hydrogen (secondary N) is 2. The van der Waals surface area contributed by atoms with E-state index in [0.717, 1.165) is 5.56 Å². The van der Waals surface area contributed by atoms with Crippen molar-refractivity contribution in [3.63, 3.8) is 0 Å². The van der Waals surface area contributed by atoms with E-state index in [4.69, 9.17) is 11.6 Å². The van der Waals surface area contributed by atoms with E-state index >= 15 is 0 Å². The predicted molar refractivity (Wildman–Crippen MR) is 86.2 cm³/mol. The van der Waals surface area contributed by atoms with Crippen molar-refractivity contribution in [1.82, 2.24) is 10.2 Å². The molecule has 0 aliphatic carbocycles. The second kappa shape index (κ2) is 6.10. The Balaban J connectivity index is 2.08. The van der Waals surface area contributed by atoms with Crippen molar-refractivity contribution >= 4 is 23.5 Å². The van der Waals surface area contributed by atoms with E-state index < -0.39 is 5.56 Å². The first-order valence-electron chi connectivity index (χ1n) is 6.51. The number of aromatic nitrogens is 2. The predicted octanol–water partition coefficient (Wildman–Crippen LogP) is 3.17. The van der Waals surface area contributed by atoms with Crippen LogP contribution in [0.2, 0.25) is 5.02 Å². The number of hydrazone groups is 1. The highest BCUT2D eigenvalue weighted by Gasteiger charge is 2.12. The molecule has 1 aromatic heterocycles. The number of halogens is 1. The molecule has 0 fully saturated rings. The molecule has 1 heterocycles. The Labute approximate surface area is 128 Å². The lowest BCUT2D eigenvalue weighted by atomic mass is 9.87. The summed E-state index contributed by atoms with van der Waals surface area (Å²) in [5.74, 6) is 0. The number of benzene rings is 1. The SMILES string of the molecule is CC(C)(C)c1ccc(/C=N/Nc2cn[nH]c(=O)c2Cl)cc1. The van der Waals surface area contributed by atoms with Gasteiger partial charge in [0.2, 0.25) is 0 Å². The second-order valence-electron chi connectivity index (χ2n) is 5.67. The number of aromatic amines is 1. The van der Waals surface area contributed by atoms with Crippen molar-refractivity contribution in [3.05, 3.63) is 57.0 Å². The van der Waals surface area contributed by atoms with E-state index in [1.165, 1.54) is 11.8 Å². The summed E-state index contributed by atoms with van der Waals surface area (Å²) >= 11 is 5.83. The molecule has 21 heavy (non-hydrogen) atoms. The van der Waals surface area contributed by atoms with Gasteiger partial charge in [0.25, 0.3) is 5.56 Å². The molecule has 0 atom stereocenters. The standard InChI is InChI=1S/C15H17ClN4O/c1-15(2,3)11-6-4-10(5-7-11)8-17-19-12-9-18-20-14(21)13(12)16/h4-9H,1-3H3,(H2,19,20,21)/b17-8+. The number of hydrogen-bond donors (Lipinski definition) is 2. The van der Waals surface area contributed by atoms with Gasteiger partial charge < -0.3 is 0 Å². The van der Waals surface area contributed by atoms with Gasteiger partial charge in [-0.25, -0.2) is 5.10 Å². The van der Waals surface area contributed by atoms with Crippen LogP contribution in [0, 0.1) is 0 Å². The van der Waals surface area contributed by atoms with Gasteiger partial charge in [-0.3, -0.25) is 10.2 Å². The van der Waals surface area contributed by atoms with Gasteiger partial charge in [0, 0.05) is 0 Å². The minimum atomic E-state index is -0.452. The number of rotatable bonds is 3. The van der Waals surface area contributed by atoms with Crippen LogP contribution in [-0.2, 0) is 5.41 Å². The summed E-state index contributed by atoms with van der Waals surface area (Å²) < 4.78 is 0. The molecule has 2 aromatic rings. The van der Waals surface area contributed by atoms with Crippen molar-refractivity contribution in [2.24, 2.45) is 5.10 Å². The summed E-state index contributed by atoms with van der Waals surface area (Å²) in [6, 6.07) is 8.12. The summed E-state index contributed by atoms with van der Waals surface area (Å²) in [6.07, 6.45) is 3.06. The fourth-order valence-electron chi connectivity index (χ4n) is 1.71. The first-order chi connectivity index (χ1) is 9.88. The maximum Gasteiger partial charge on any atom is 0.285 e. The monoisotopic (exact) mass is 304 g/mol. The van der Waals surface area contributed by atoms with Gasteiger partial charge in [-0.1, -0.05) is 56.6 Å². The molecule has 0 radical (unpaired) electrons. The molecule has 0 spiro atoms. The maximum atomic E-state index is 11.3. The van der Waals surface area contributed by atoms with Crippen LogP contribution in [0.1, 0.15) is 31.9 Å². The van der Waals surface area contributed by atoms with Crippen LogP contribution in [0.5, 0.6) is 0 Å². The summed E-state index contributed by atoms with van der Waals surface area (Å²) in [6.45, 7) is 6.50. The zero-order valence-corrected chi connectivity index (χ0v) is 12.9. The van der Waals surface area contributed by atoms with E-state index in [1.807, 2.05) is 12.1 Å². The van der Waals surface area contributed by atoms with Gasteiger partial charge in [-0.15, -0.1) is 0 Å². The summed E-state index contributed by atoms with van der Waals surface area (Å²) in [5.41, 5.74) is 4.94. The lowest BCUT2D eigenvalue weighted by Gasteiger charge is -2.18. The van der Waals surface area contributed by atoms with E-state index in [0.29, 0.717) is 5.69 Å². The Morgan fingerprint density at radius 1 is 1.29 bits per heavy atom. The molecule has 2 rings (SSSR count). The molecule has 0 bridgehead atoms. The first kappa shape index (κ1) is 15.3. The van der Waals surface area contributed by atoms with Gasteiger partial charge in [0.1, 0.15) is 10.7 Å². The average molecular weight is 305 g/mol. The number of nitrogens with zero attached hydrogens (tertiary/aromatic N) is 2. The largest absolute Gasteiger partial charge is 0.285 e. The second-order valence-corrected chi connectivity index (χ2v) is 6.05. The van der Waals surface area contributed by atoms with E-state index in [2.05, 4.69) is 53.6 Å². The van der Waals surface area contributed by atoms with Crippen LogP contribution >= 0.6 is 11.6 Å². The minimum absolute atomic E-state index is 0.0326. The van der Waals surface area contributed by atoms with Crippen molar-refractivity contribution < 1.29 is 0 Å². The normalized spacial score (nSPS) is 11.8. The molecule has 6 heteroatoms. The summed E-state index contributed by atoms with van der Waals surface area (Å²) in [7, 11) is 0. The van der Waals surface area contributed by atoms with Crippen molar-refractivity contribution in [1.29, 1.82) is 0 Å². The Morgan fingerprint density at radius 3 is 2.57 bits per heavy atom. The zero-order valence-electron chi connectivity index (χ0n) is 12.1. The van der Waals surface area contributed by atoms with Crippen LogP contribution in [0.3, 0.4) is 0 Å². The van der Waals surface area contributed by atoms with Gasteiger partial charge in [-0.05, 0) is 16.5 Å². The Kier molecular flexibility index (Phi) is 4.43. The molecule has 0 saturated carbocycles. The van der Waals surface area contributed by atoms with Crippen molar-refractivity contribution in [2.75, 3.05) is 5.43 Å². The van der Waals surface area contributed by atoms with E-state index in [9.17, 15) is 4.79 Å². The van der Waals surface area contributed by atoms with Gasteiger partial charge in [0.15, 0.2) is 0 Å². The number of hydrogen-bond acceptors (Lipinski definition) is 4. The minimum Gasteiger partial charge on any atom is -0.275 e. The van der Waals surface area contributed by atoms with E-state index in [1.54, 1.807) is 6.21 Å². The third kappa shape index (κ3) is 3.92. The summed E-state index contributed by atoms with van der Waals surface area (Å²) in [4.78, 5) is 11.3. The molecule has 0 saturated heterocycles. The van der Waals surface area contributed by atoms with Crippen molar-refractivity contribution in [2.45, 2.75) is 26.2 Å². The average Bonchev–Trinajstić information content (AvgIpc) is 2.43. The van der Waals surface area contributed by atoms with E-state index in [-0.39, 0.29) is 10.4 Å². The molecule has 5 nitrogen and oxygen atoms in total. The first-order valence-corrected chi connectivity index (χ1v) is 6.88. The van der Waals surface area contributed by atoms with Gasteiger partial charge >= 0.3 is 0 Å². The molecule has 110 valence electrons. The third-order valence-electron chi connectivity index (χ3n) is 2.97. The van der Waals surface area contributed by atoms with Crippen LogP contribution in [0.15, 0.2) is 40.4 Å². The molecule has 2 N–H and O–H groups in total. The van der Waals surface area contributed by atoms with Crippen LogP contribution in [0.4, 0.5) is 5.69 Å². The maximum absolute atomic E-state index is 11.3. The molecule has 0 aliphatic heterocycles. The molecular weight excluding hydrogens is 288 g/mol. The smallest absolute Gasteiger partial charge is 0.275 e. The highest BCUT2D eigenvalue weighted by Crippen LogP contribution is 2.21. The number of H-pyrrole nitrogens is 1. The van der Waals surface area contributed by atoms with Crippen LogP contribution < -0.4 is 11.0 Å². The third-order valence-corrected chi connectivity index (χ3v) is 3.35. The molecule has 0 unspecified atom stereocenters. The topological polar surface area (TPSA) is 70.1 Å². The Bertz CT molecular complexity index is 699. The van der Waals surface area contributed by atoms with Crippen molar-refractivity contribution in [3.8, 4) is 0 Å². The lowest BCUT2D eigenvalue weighted by Crippen LogP contribution is -2.10. The number of anilines is 1. The van der Waals surface area contributed by atoms with Gasteiger partial charge in [0.05, 0.1) is 12.4 Å². The van der Waals surface area contributed by atoms with Gasteiger partial charge in [-0.2, -0.15) is 10.2 Å². The highest BCUT2D eigenvalue weighted by molar-refractivity contribution is 6.32. The quantitative estimate of drug-likeness (QED) is 0.676. The molecule has 0 aliphatic rings. The highest BCUT2D eigenvalue weighted by atomic mass is 35.5. The Morgan fingerprint density at radius 2 is 1.95 bits per heavy atom. The molecule has 1 aromatic carbocycles. The summed E-state index contributed by atoms with van der Waals surface area (Å²) in [5, 5.41) is 9.98. The molecular formula is C15H17ClN4O. The Hall–Kier alpha value is -2.14. The van der Waals surface area contributed by atoms with Crippen LogP contribution in [0.25, 0.3) is 0 Å². The zero-order chi connectivity index (χ0) is 15.5.